The monoisotopic (exact) mass is 277 g/mol. The predicted molar refractivity (Wildman–Crippen MR) is 74.9 cm³/mol. The second-order valence-electron chi connectivity index (χ2n) is 4.60. The van der Waals surface area contributed by atoms with Crippen molar-refractivity contribution >= 4 is 0 Å². The SMILES string of the molecule is Cc1cc(-c2noc(-c3ccnc(C#N)c3)n2)cc(C)n1. The van der Waals surface area contributed by atoms with Gasteiger partial charge in [-0.05, 0) is 38.1 Å². The summed E-state index contributed by atoms with van der Waals surface area (Å²) in [6, 6.07) is 9.11. The summed E-state index contributed by atoms with van der Waals surface area (Å²) in [6.07, 6.45) is 1.54. The number of aromatic nitrogens is 4. The zero-order valence-electron chi connectivity index (χ0n) is 11.5. The van der Waals surface area contributed by atoms with Crippen LogP contribution in [0.15, 0.2) is 35.0 Å². The third-order valence-electron chi connectivity index (χ3n) is 2.89. The van der Waals surface area contributed by atoms with Crippen LogP contribution in [0, 0.1) is 25.2 Å². The molecule has 0 aliphatic carbocycles. The molecular weight excluding hydrogens is 266 g/mol. The molecule has 0 aromatic carbocycles. The summed E-state index contributed by atoms with van der Waals surface area (Å²) in [5.74, 6) is 0.852. The van der Waals surface area contributed by atoms with Crippen molar-refractivity contribution in [2.45, 2.75) is 13.8 Å². The molecule has 0 aliphatic heterocycles. The Bertz CT molecular complexity index is 827. The Morgan fingerprint density at radius 3 is 2.52 bits per heavy atom. The van der Waals surface area contributed by atoms with Crippen molar-refractivity contribution in [3.63, 3.8) is 0 Å². The molecule has 0 atom stereocenters. The Kier molecular flexibility index (Phi) is 3.16. The number of rotatable bonds is 2. The molecule has 0 amide bonds. The van der Waals surface area contributed by atoms with Crippen LogP contribution in [-0.2, 0) is 0 Å². The van der Waals surface area contributed by atoms with Gasteiger partial charge in [-0.2, -0.15) is 10.2 Å². The van der Waals surface area contributed by atoms with Gasteiger partial charge < -0.3 is 4.52 Å². The van der Waals surface area contributed by atoms with Crippen LogP contribution in [0.2, 0.25) is 0 Å². The number of pyridine rings is 2. The van der Waals surface area contributed by atoms with Crippen LogP contribution < -0.4 is 0 Å². The smallest absolute Gasteiger partial charge is 0.258 e. The molecule has 0 fully saturated rings. The highest BCUT2D eigenvalue weighted by atomic mass is 16.5. The van der Waals surface area contributed by atoms with Crippen molar-refractivity contribution < 1.29 is 4.52 Å². The van der Waals surface area contributed by atoms with Gasteiger partial charge in [-0.3, -0.25) is 4.98 Å². The summed E-state index contributed by atoms with van der Waals surface area (Å²) in [7, 11) is 0. The number of hydrogen-bond acceptors (Lipinski definition) is 6. The summed E-state index contributed by atoms with van der Waals surface area (Å²) in [4.78, 5) is 12.6. The summed E-state index contributed by atoms with van der Waals surface area (Å²) in [5, 5.41) is 12.9. The molecule has 0 radical (unpaired) electrons. The van der Waals surface area contributed by atoms with Crippen LogP contribution in [-0.4, -0.2) is 20.1 Å². The molecule has 102 valence electrons. The number of aryl methyl sites for hydroxylation is 2. The van der Waals surface area contributed by atoms with E-state index in [9.17, 15) is 0 Å². The average molecular weight is 277 g/mol. The largest absolute Gasteiger partial charge is 0.334 e. The Labute approximate surface area is 121 Å². The van der Waals surface area contributed by atoms with Crippen molar-refractivity contribution in [2.24, 2.45) is 0 Å². The van der Waals surface area contributed by atoms with Crippen molar-refractivity contribution in [3.8, 4) is 28.9 Å². The van der Waals surface area contributed by atoms with Crippen molar-refractivity contribution in [2.75, 3.05) is 0 Å². The van der Waals surface area contributed by atoms with Crippen LogP contribution in [0.25, 0.3) is 22.8 Å². The van der Waals surface area contributed by atoms with E-state index in [2.05, 4.69) is 20.1 Å². The van der Waals surface area contributed by atoms with Crippen molar-refractivity contribution in [1.29, 1.82) is 5.26 Å². The Morgan fingerprint density at radius 2 is 1.81 bits per heavy atom. The van der Waals surface area contributed by atoms with E-state index in [4.69, 9.17) is 9.78 Å². The molecule has 21 heavy (non-hydrogen) atoms. The van der Waals surface area contributed by atoms with Gasteiger partial charge in [0.15, 0.2) is 0 Å². The zero-order valence-corrected chi connectivity index (χ0v) is 11.5. The lowest BCUT2D eigenvalue weighted by molar-refractivity contribution is 0.432. The third-order valence-corrected chi connectivity index (χ3v) is 2.89. The van der Waals surface area contributed by atoms with Gasteiger partial charge in [0.05, 0.1) is 0 Å². The van der Waals surface area contributed by atoms with Gasteiger partial charge in [0.1, 0.15) is 11.8 Å². The number of nitriles is 1. The summed E-state index contributed by atoms with van der Waals surface area (Å²) in [6.45, 7) is 3.83. The van der Waals surface area contributed by atoms with E-state index in [1.165, 1.54) is 0 Å². The minimum absolute atomic E-state index is 0.308. The van der Waals surface area contributed by atoms with Crippen LogP contribution in [0.1, 0.15) is 17.1 Å². The lowest BCUT2D eigenvalue weighted by Crippen LogP contribution is -1.89. The highest BCUT2D eigenvalue weighted by molar-refractivity contribution is 5.60. The fraction of sp³-hybridized carbons (Fsp3) is 0.133. The van der Waals surface area contributed by atoms with Gasteiger partial charge in [-0.25, -0.2) is 4.98 Å². The van der Waals surface area contributed by atoms with Crippen LogP contribution in [0.3, 0.4) is 0 Å². The third kappa shape index (κ3) is 2.62. The quantitative estimate of drug-likeness (QED) is 0.715. The summed E-state index contributed by atoms with van der Waals surface area (Å²) in [5.41, 5.74) is 3.62. The van der Waals surface area contributed by atoms with Gasteiger partial charge in [0.25, 0.3) is 5.89 Å². The molecule has 0 aliphatic rings. The molecule has 6 nitrogen and oxygen atoms in total. The standard InChI is InChI=1S/C15H11N5O/c1-9-5-12(6-10(2)18-9)14-19-15(21-20-14)11-3-4-17-13(7-11)8-16/h3-7H,1-2H3. The molecule has 0 saturated carbocycles. The lowest BCUT2D eigenvalue weighted by Gasteiger charge is -1.99. The first-order chi connectivity index (χ1) is 10.2. The van der Waals surface area contributed by atoms with Gasteiger partial charge in [-0.15, -0.1) is 0 Å². The summed E-state index contributed by atoms with van der Waals surface area (Å²) >= 11 is 0. The minimum atomic E-state index is 0.308. The molecule has 0 unspecified atom stereocenters. The van der Waals surface area contributed by atoms with Gasteiger partial charge in [-0.1, -0.05) is 5.16 Å². The van der Waals surface area contributed by atoms with Crippen molar-refractivity contribution in [3.05, 3.63) is 47.5 Å². The van der Waals surface area contributed by atoms with E-state index in [0.717, 1.165) is 17.0 Å². The van der Waals surface area contributed by atoms with Crippen LogP contribution >= 0.6 is 0 Å². The molecule has 3 aromatic rings. The molecule has 0 spiro atoms. The second-order valence-corrected chi connectivity index (χ2v) is 4.60. The molecule has 0 bridgehead atoms. The Balaban J connectivity index is 2.01. The molecule has 0 saturated heterocycles. The Hall–Kier alpha value is -3.07. The molecule has 0 N–H and O–H groups in total. The first kappa shape index (κ1) is 12.9. The lowest BCUT2D eigenvalue weighted by atomic mass is 10.2. The maximum atomic E-state index is 8.87. The number of hydrogen-bond donors (Lipinski definition) is 0. The summed E-state index contributed by atoms with van der Waals surface area (Å²) < 4.78 is 5.27. The normalized spacial score (nSPS) is 10.3. The van der Waals surface area contributed by atoms with Crippen molar-refractivity contribution in [1.82, 2.24) is 20.1 Å². The zero-order chi connectivity index (χ0) is 14.8. The highest BCUT2D eigenvalue weighted by Gasteiger charge is 2.12. The molecule has 3 rings (SSSR count). The van der Waals surface area contributed by atoms with E-state index in [1.807, 2.05) is 32.0 Å². The van der Waals surface area contributed by atoms with E-state index in [-0.39, 0.29) is 0 Å². The van der Waals surface area contributed by atoms with Crippen LogP contribution in [0.4, 0.5) is 0 Å². The van der Waals surface area contributed by atoms with E-state index < -0.39 is 0 Å². The fourth-order valence-electron chi connectivity index (χ4n) is 2.05. The predicted octanol–water partition coefficient (Wildman–Crippen LogP) is 2.68. The van der Waals surface area contributed by atoms with E-state index >= 15 is 0 Å². The van der Waals surface area contributed by atoms with Gasteiger partial charge in [0, 0.05) is 28.7 Å². The molecule has 3 heterocycles. The second kappa shape index (κ2) is 5.13. The maximum absolute atomic E-state index is 8.87. The highest BCUT2D eigenvalue weighted by Crippen LogP contribution is 2.23. The van der Waals surface area contributed by atoms with Crippen LogP contribution in [0.5, 0.6) is 0 Å². The molecule has 6 heteroatoms. The number of nitrogens with zero attached hydrogens (tertiary/aromatic N) is 5. The topological polar surface area (TPSA) is 88.5 Å². The van der Waals surface area contributed by atoms with E-state index in [0.29, 0.717) is 23.0 Å². The first-order valence-electron chi connectivity index (χ1n) is 6.31. The maximum Gasteiger partial charge on any atom is 0.258 e. The fourth-order valence-corrected chi connectivity index (χ4v) is 2.05. The minimum Gasteiger partial charge on any atom is -0.334 e. The first-order valence-corrected chi connectivity index (χ1v) is 6.31. The molecular formula is C15H11N5O. The van der Waals surface area contributed by atoms with E-state index in [1.54, 1.807) is 18.3 Å². The van der Waals surface area contributed by atoms with Gasteiger partial charge in [0.2, 0.25) is 5.82 Å². The Morgan fingerprint density at radius 1 is 1.05 bits per heavy atom. The van der Waals surface area contributed by atoms with Gasteiger partial charge >= 0.3 is 0 Å². The molecule has 3 aromatic heterocycles. The average Bonchev–Trinajstić information content (AvgIpc) is 2.96.